The Morgan fingerprint density at radius 3 is 2.50 bits per heavy atom. The molecule has 0 bridgehead atoms. The van der Waals surface area contributed by atoms with Gasteiger partial charge in [0.25, 0.3) is 5.91 Å². The first-order chi connectivity index (χ1) is 13.6. The first-order valence-corrected chi connectivity index (χ1v) is 10.7. The Morgan fingerprint density at radius 1 is 1.04 bits per heavy atom. The number of nitrogens with one attached hydrogen (secondary N) is 1. The van der Waals surface area contributed by atoms with Crippen molar-refractivity contribution in [3.63, 3.8) is 0 Å². The molecule has 2 aliphatic heterocycles. The van der Waals surface area contributed by atoms with Gasteiger partial charge in [-0.05, 0) is 48.9 Å². The van der Waals surface area contributed by atoms with E-state index in [4.69, 9.17) is 23.2 Å². The maximum absolute atomic E-state index is 13.2. The largest absolute Gasteiger partial charge is 0.377 e. The van der Waals surface area contributed by atoms with Crippen molar-refractivity contribution >= 4 is 34.8 Å². The molecule has 0 spiro atoms. The normalized spacial score (nSPS) is 25.4. The van der Waals surface area contributed by atoms with Crippen LogP contribution in [0.3, 0.4) is 0 Å². The number of halogens is 2. The molecule has 1 fully saturated rings. The van der Waals surface area contributed by atoms with Crippen LogP contribution in [-0.4, -0.2) is 23.9 Å². The summed E-state index contributed by atoms with van der Waals surface area (Å²) in [4.78, 5) is 15.2. The van der Waals surface area contributed by atoms with E-state index in [0.717, 1.165) is 49.2 Å². The average Bonchev–Trinajstić information content (AvgIpc) is 3.39. The Morgan fingerprint density at radius 2 is 1.75 bits per heavy atom. The summed E-state index contributed by atoms with van der Waals surface area (Å²) < 4.78 is 0. The summed E-state index contributed by atoms with van der Waals surface area (Å²) in [5, 5.41) is 5.02. The first-order valence-electron chi connectivity index (χ1n) is 9.94. The van der Waals surface area contributed by atoms with Crippen LogP contribution in [0.5, 0.6) is 0 Å². The Hall–Kier alpha value is -1.97. The highest BCUT2D eigenvalue weighted by Gasteiger charge is 2.41. The molecular weight excluding hydrogens is 391 g/mol. The Balaban J connectivity index is 1.62. The molecule has 3 unspecified atom stereocenters. The molecule has 2 aromatic rings. The number of fused-ring (bicyclic) bond motifs is 3. The van der Waals surface area contributed by atoms with E-state index in [1.807, 2.05) is 35.2 Å². The van der Waals surface area contributed by atoms with Crippen LogP contribution in [0.15, 0.2) is 48.6 Å². The van der Waals surface area contributed by atoms with Crippen molar-refractivity contribution in [2.24, 2.45) is 5.92 Å². The van der Waals surface area contributed by atoms with Crippen LogP contribution in [0.25, 0.3) is 0 Å². The number of hydrogen-bond acceptors (Lipinski definition) is 2. The molecule has 5 rings (SSSR count). The van der Waals surface area contributed by atoms with Crippen molar-refractivity contribution in [2.75, 3.05) is 18.4 Å². The fraction of sp³-hybridized carbons (Fsp3) is 0.348. The lowest BCUT2D eigenvalue weighted by Crippen LogP contribution is -2.33. The molecule has 1 aliphatic carbocycles. The summed E-state index contributed by atoms with van der Waals surface area (Å²) in [6.07, 6.45) is 7.64. The van der Waals surface area contributed by atoms with Gasteiger partial charge in [-0.15, -0.1) is 0 Å². The quantitative estimate of drug-likeness (QED) is 0.608. The zero-order valence-electron chi connectivity index (χ0n) is 15.5. The maximum atomic E-state index is 13.2. The predicted octanol–water partition coefficient (Wildman–Crippen LogP) is 6.06. The topological polar surface area (TPSA) is 32.3 Å². The summed E-state index contributed by atoms with van der Waals surface area (Å²) in [6, 6.07) is 11.7. The smallest absolute Gasteiger partial charge is 0.255 e. The van der Waals surface area contributed by atoms with Crippen molar-refractivity contribution in [3.8, 4) is 0 Å². The van der Waals surface area contributed by atoms with Crippen molar-refractivity contribution in [3.05, 3.63) is 75.3 Å². The second kappa shape index (κ2) is 7.13. The lowest BCUT2D eigenvalue weighted by Gasteiger charge is -2.39. The highest BCUT2D eigenvalue weighted by atomic mass is 35.5. The number of amides is 1. The molecule has 1 amide bonds. The minimum Gasteiger partial charge on any atom is -0.377 e. The molecule has 2 heterocycles. The van der Waals surface area contributed by atoms with Gasteiger partial charge in [0.2, 0.25) is 0 Å². The highest BCUT2D eigenvalue weighted by molar-refractivity contribution is 6.36. The average molecular weight is 413 g/mol. The molecule has 3 nitrogen and oxygen atoms in total. The number of allylic oxidation sites excluding steroid dienone is 2. The third-order valence-electron chi connectivity index (χ3n) is 6.33. The van der Waals surface area contributed by atoms with Crippen LogP contribution >= 0.6 is 23.2 Å². The fourth-order valence-corrected chi connectivity index (χ4v) is 5.62. The van der Waals surface area contributed by atoms with E-state index in [9.17, 15) is 4.79 Å². The number of benzene rings is 2. The van der Waals surface area contributed by atoms with Crippen molar-refractivity contribution < 1.29 is 4.79 Å². The first kappa shape index (κ1) is 18.1. The molecule has 28 heavy (non-hydrogen) atoms. The summed E-state index contributed by atoms with van der Waals surface area (Å²) in [6.45, 7) is 1.68. The summed E-state index contributed by atoms with van der Waals surface area (Å²) in [5.41, 5.74) is 3.82. The van der Waals surface area contributed by atoms with Gasteiger partial charge < -0.3 is 10.2 Å². The van der Waals surface area contributed by atoms with E-state index >= 15 is 0 Å². The van der Waals surface area contributed by atoms with Gasteiger partial charge in [-0.3, -0.25) is 4.79 Å². The molecule has 3 aliphatic rings. The van der Waals surface area contributed by atoms with Crippen LogP contribution in [0, 0.1) is 5.92 Å². The van der Waals surface area contributed by atoms with E-state index in [1.165, 1.54) is 5.56 Å². The number of nitrogens with zero attached hydrogens (tertiary/aromatic N) is 1. The Bertz CT molecular complexity index is 945. The van der Waals surface area contributed by atoms with Crippen LogP contribution in [0.1, 0.15) is 52.7 Å². The monoisotopic (exact) mass is 412 g/mol. The van der Waals surface area contributed by atoms with Gasteiger partial charge in [0.15, 0.2) is 0 Å². The Labute approximate surface area is 175 Å². The second-order valence-electron chi connectivity index (χ2n) is 7.88. The summed E-state index contributed by atoms with van der Waals surface area (Å²) in [5.74, 6) is 0.716. The third kappa shape index (κ3) is 2.84. The number of para-hydroxylation sites is 1. The van der Waals surface area contributed by atoms with Gasteiger partial charge in [-0.2, -0.15) is 0 Å². The minimum absolute atomic E-state index is 0.0266. The molecule has 0 saturated carbocycles. The molecule has 1 saturated heterocycles. The summed E-state index contributed by atoms with van der Waals surface area (Å²) >= 11 is 13.1. The zero-order chi connectivity index (χ0) is 19.3. The van der Waals surface area contributed by atoms with Crippen molar-refractivity contribution in [1.29, 1.82) is 0 Å². The minimum atomic E-state index is -0.0266. The van der Waals surface area contributed by atoms with Gasteiger partial charge >= 0.3 is 0 Å². The van der Waals surface area contributed by atoms with Gasteiger partial charge in [-0.25, -0.2) is 0 Å². The van der Waals surface area contributed by atoms with Crippen molar-refractivity contribution in [1.82, 2.24) is 4.90 Å². The van der Waals surface area contributed by atoms with Gasteiger partial charge in [-0.1, -0.05) is 53.6 Å². The van der Waals surface area contributed by atoms with Gasteiger partial charge in [0.05, 0.1) is 17.3 Å². The number of carbonyl (C=O) groups excluding carboxylic acids is 1. The molecule has 5 heteroatoms. The van der Waals surface area contributed by atoms with E-state index in [1.54, 1.807) is 0 Å². The number of likely N-dealkylation sites (tertiary alicyclic amines) is 1. The van der Waals surface area contributed by atoms with E-state index in [0.29, 0.717) is 16.0 Å². The molecule has 144 valence electrons. The Kier molecular flexibility index (Phi) is 4.60. The van der Waals surface area contributed by atoms with Crippen molar-refractivity contribution in [2.45, 2.75) is 31.2 Å². The van der Waals surface area contributed by atoms with Gasteiger partial charge in [0.1, 0.15) is 0 Å². The molecule has 3 atom stereocenters. The molecule has 1 N–H and O–H groups in total. The zero-order valence-corrected chi connectivity index (χ0v) is 17.0. The number of rotatable bonds is 2. The lowest BCUT2D eigenvalue weighted by molar-refractivity contribution is 0.0793. The molecule has 0 radical (unpaired) electrons. The standard InChI is InChI=1S/C23H22Cl2N2O/c24-18-10-5-11-19(25)20(18)22-16-8-3-6-14(16)15-7-4-9-17(21(15)26-22)23(28)27-12-1-2-13-27/h3-7,9-11,14,16,22,26H,1-2,8,12-13H2. The third-order valence-corrected chi connectivity index (χ3v) is 6.99. The van der Waals surface area contributed by atoms with Crippen LogP contribution in [-0.2, 0) is 0 Å². The molecule has 2 aromatic carbocycles. The highest BCUT2D eigenvalue weighted by Crippen LogP contribution is 2.52. The maximum Gasteiger partial charge on any atom is 0.255 e. The van der Waals surface area contributed by atoms with Crippen LogP contribution in [0.4, 0.5) is 5.69 Å². The van der Waals surface area contributed by atoms with Crippen LogP contribution < -0.4 is 5.32 Å². The number of anilines is 1. The second-order valence-corrected chi connectivity index (χ2v) is 8.69. The summed E-state index contributed by atoms with van der Waals surface area (Å²) in [7, 11) is 0. The van der Waals surface area contributed by atoms with E-state index < -0.39 is 0 Å². The van der Waals surface area contributed by atoms with Crippen LogP contribution in [0.2, 0.25) is 10.0 Å². The van der Waals surface area contributed by atoms with E-state index in [2.05, 4.69) is 23.5 Å². The van der Waals surface area contributed by atoms with Gasteiger partial charge in [0, 0.05) is 34.6 Å². The number of hydrogen-bond donors (Lipinski definition) is 1. The lowest BCUT2D eigenvalue weighted by atomic mass is 9.76. The molecular formula is C23H22Cl2N2O. The number of carbonyl (C=O) groups is 1. The SMILES string of the molecule is O=C(c1cccc2c1NC(c1c(Cl)cccc1Cl)C1CC=CC21)N1CCCC1. The molecule has 0 aromatic heterocycles. The predicted molar refractivity (Wildman–Crippen MR) is 114 cm³/mol. The van der Waals surface area contributed by atoms with E-state index in [-0.39, 0.29) is 17.9 Å². The fourth-order valence-electron chi connectivity index (χ4n) is 4.98.